The van der Waals surface area contributed by atoms with Gasteiger partial charge in [-0.25, -0.2) is 0 Å². The summed E-state index contributed by atoms with van der Waals surface area (Å²) in [4.78, 5) is 0. The van der Waals surface area contributed by atoms with Crippen molar-refractivity contribution in [3.63, 3.8) is 0 Å². The van der Waals surface area contributed by atoms with E-state index in [4.69, 9.17) is 4.74 Å². The van der Waals surface area contributed by atoms with Crippen LogP contribution in [-0.2, 0) is 6.42 Å². The molecule has 0 amide bonds. The maximum atomic E-state index is 5.43. The SMILES string of the molecule is Cc1cc2c(cc1I)CCO2. The summed E-state index contributed by atoms with van der Waals surface area (Å²) in [7, 11) is 0. The van der Waals surface area contributed by atoms with E-state index in [1.807, 2.05) is 0 Å². The Labute approximate surface area is 79.9 Å². The molecule has 1 heterocycles. The van der Waals surface area contributed by atoms with Crippen molar-refractivity contribution in [2.75, 3.05) is 6.61 Å². The highest BCUT2D eigenvalue weighted by Crippen LogP contribution is 2.28. The number of halogens is 1. The lowest BCUT2D eigenvalue weighted by Crippen LogP contribution is -1.86. The Morgan fingerprint density at radius 2 is 2.27 bits per heavy atom. The molecule has 0 unspecified atom stereocenters. The third kappa shape index (κ3) is 1.24. The van der Waals surface area contributed by atoms with Gasteiger partial charge in [0.2, 0.25) is 0 Å². The van der Waals surface area contributed by atoms with Crippen molar-refractivity contribution in [1.29, 1.82) is 0 Å². The van der Waals surface area contributed by atoms with Gasteiger partial charge in [0.25, 0.3) is 0 Å². The Hall–Kier alpha value is -0.250. The van der Waals surface area contributed by atoms with Gasteiger partial charge in [0.1, 0.15) is 5.75 Å². The zero-order chi connectivity index (χ0) is 7.84. The van der Waals surface area contributed by atoms with Gasteiger partial charge in [-0.1, -0.05) is 0 Å². The topological polar surface area (TPSA) is 9.23 Å². The van der Waals surface area contributed by atoms with E-state index in [0.717, 1.165) is 18.8 Å². The van der Waals surface area contributed by atoms with Crippen molar-refractivity contribution in [3.05, 3.63) is 26.8 Å². The summed E-state index contributed by atoms with van der Waals surface area (Å²) in [6.45, 7) is 2.97. The normalized spacial score (nSPS) is 14.4. The number of aryl methyl sites for hydroxylation is 1. The van der Waals surface area contributed by atoms with Crippen molar-refractivity contribution in [3.8, 4) is 5.75 Å². The largest absolute Gasteiger partial charge is 0.493 e. The molecule has 1 aliphatic heterocycles. The van der Waals surface area contributed by atoms with Crippen LogP contribution >= 0.6 is 22.6 Å². The molecule has 1 aliphatic rings. The summed E-state index contributed by atoms with van der Waals surface area (Å²) in [5.41, 5.74) is 2.67. The van der Waals surface area contributed by atoms with Gasteiger partial charge in [-0.2, -0.15) is 0 Å². The highest BCUT2D eigenvalue weighted by atomic mass is 127. The lowest BCUT2D eigenvalue weighted by molar-refractivity contribution is 0.356. The van der Waals surface area contributed by atoms with E-state index in [1.54, 1.807) is 0 Å². The van der Waals surface area contributed by atoms with Crippen molar-refractivity contribution >= 4 is 22.6 Å². The fraction of sp³-hybridized carbons (Fsp3) is 0.333. The predicted octanol–water partition coefficient (Wildman–Crippen LogP) is 2.53. The molecule has 58 valence electrons. The summed E-state index contributed by atoms with van der Waals surface area (Å²) >= 11 is 2.36. The Morgan fingerprint density at radius 1 is 1.45 bits per heavy atom. The predicted molar refractivity (Wildman–Crippen MR) is 53.1 cm³/mol. The van der Waals surface area contributed by atoms with Crippen LogP contribution in [-0.4, -0.2) is 6.61 Å². The number of hydrogen-bond acceptors (Lipinski definition) is 1. The first-order chi connectivity index (χ1) is 5.27. The molecule has 0 aliphatic carbocycles. The van der Waals surface area contributed by atoms with Gasteiger partial charge in [-0.15, -0.1) is 0 Å². The van der Waals surface area contributed by atoms with Crippen LogP contribution in [0.15, 0.2) is 12.1 Å². The summed E-state index contributed by atoms with van der Waals surface area (Å²) in [6.07, 6.45) is 1.08. The minimum Gasteiger partial charge on any atom is -0.493 e. The van der Waals surface area contributed by atoms with E-state index in [9.17, 15) is 0 Å². The summed E-state index contributed by atoms with van der Waals surface area (Å²) in [5.74, 6) is 1.09. The molecule has 0 radical (unpaired) electrons. The van der Waals surface area contributed by atoms with Gasteiger partial charge in [-0.05, 0) is 52.8 Å². The molecule has 0 N–H and O–H groups in total. The zero-order valence-electron chi connectivity index (χ0n) is 6.36. The van der Waals surface area contributed by atoms with E-state index in [0.29, 0.717) is 0 Å². The molecule has 0 atom stereocenters. The molecule has 0 fully saturated rings. The molecule has 0 saturated heterocycles. The van der Waals surface area contributed by atoms with E-state index in [-0.39, 0.29) is 0 Å². The highest BCUT2D eigenvalue weighted by molar-refractivity contribution is 14.1. The number of fused-ring (bicyclic) bond motifs is 1. The van der Waals surface area contributed by atoms with Crippen LogP contribution < -0.4 is 4.74 Å². The highest BCUT2D eigenvalue weighted by Gasteiger charge is 2.12. The molecule has 2 rings (SSSR count). The quantitative estimate of drug-likeness (QED) is 0.651. The molecule has 2 heteroatoms. The minimum atomic E-state index is 0.856. The molecular formula is C9H9IO. The Balaban J connectivity index is 2.57. The van der Waals surface area contributed by atoms with Crippen LogP contribution in [0.2, 0.25) is 0 Å². The smallest absolute Gasteiger partial charge is 0.122 e. The first kappa shape index (κ1) is 7.40. The number of benzene rings is 1. The monoisotopic (exact) mass is 260 g/mol. The average Bonchev–Trinajstić information content (AvgIpc) is 2.36. The van der Waals surface area contributed by atoms with Gasteiger partial charge in [0, 0.05) is 9.99 Å². The van der Waals surface area contributed by atoms with Gasteiger partial charge in [0.05, 0.1) is 6.61 Å². The van der Waals surface area contributed by atoms with Crippen LogP contribution in [0, 0.1) is 10.5 Å². The Morgan fingerprint density at radius 3 is 3.09 bits per heavy atom. The maximum absolute atomic E-state index is 5.43. The Kier molecular flexibility index (Phi) is 1.79. The van der Waals surface area contributed by atoms with Crippen molar-refractivity contribution in [2.45, 2.75) is 13.3 Å². The number of hydrogen-bond donors (Lipinski definition) is 0. The van der Waals surface area contributed by atoms with E-state index >= 15 is 0 Å². The minimum absolute atomic E-state index is 0.856. The molecule has 0 bridgehead atoms. The number of rotatable bonds is 0. The van der Waals surface area contributed by atoms with Gasteiger partial charge in [-0.3, -0.25) is 0 Å². The molecule has 0 saturated carbocycles. The van der Waals surface area contributed by atoms with Crippen LogP contribution in [0.1, 0.15) is 11.1 Å². The summed E-state index contributed by atoms with van der Waals surface area (Å²) in [6, 6.07) is 4.35. The van der Waals surface area contributed by atoms with E-state index < -0.39 is 0 Å². The molecule has 1 nitrogen and oxygen atoms in total. The molecule has 1 aromatic carbocycles. The van der Waals surface area contributed by atoms with E-state index in [1.165, 1.54) is 14.7 Å². The fourth-order valence-electron chi connectivity index (χ4n) is 1.30. The molecule has 0 spiro atoms. The molecular weight excluding hydrogens is 251 g/mol. The third-order valence-corrected chi connectivity index (χ3v) is 3.13. The lowest BCUT2D eigenvalue weighted by atomic mass is 10.1. The van der Waals surface area contributed by atoms with Crippen LogP contribution in [0.25, 0.3) is 0 Å². The van der Waals surface area contributed by atoms with Crippen molar-refractivity contribution in [2.24, 2.45) is 0 Å². The van der Waals surface area contributed by atoms with Crippen LogP contribution in [0.3, 0.4) is 0 Å². The van der Waals surface area contributed by atoms with Crippen LogP contribution in [0.5, 0.6) is 5.75 Å². The Bertz CT molecular complexity index is 265. The maximum Gasteiger partial charge on any atom is 0.122 e. The first-order valence-corrected chi connectivity index (χ1v) is 4.77. The summed E-state index contributed by atoms with van der Waals surface area (Å²) < 4.78 is 6.77. The van der Waals surface area contributed by atoms with Crippen molar-refractivity contribution < 1.29 is 4.74 Å². The standard InChI is InChI=1S/C9H9IO/c1-6-4-9-7(2-3-11-9)5-8(6)10/h4-5H,2-3H2,1H3. The second-order valence-electron chi connectivity index (χ2n) is 2.81. The second kappa shape index (κ2) is 2.66. The lowest BCUT2D eigenvalue weighted by Gasteiger charge is -2.01. The molecule has 0 aromatic heterocycles. The first-order valence-electron chi connectivity index (χ1n) is 3.69. The third-order valence-electron chi connectivity index (χ3n) is 1.97. The molecule has 1 aromatic rings. The summed E-state index contributed by atoms with van der Waals surface area (Å²) in [5, 5.41) is 0. The van der Waals surface area contributed by atoms with Gasteiger partial charge < -0.3 is 4.74 Å². The van der Waals surface area contributed by atoms with E-state index in [2.05, 4.69) is 41.6 Å². The second-order valence-corrected chi connectivity index (χ2v) is 3.97. The average molecular weight is 260 g/mol. The van der Waals surface area contributed by atoms with Gasteiger partial charge in [0.15, 0.2) is 0 Å². The molecule has 11 heavy (non-hydrogen) atoms. The van der Waals surface area contributed by atoms with Crippen molar-refractivity contribution in [1.82, 2.24) is 0 Å². The van der Waals surface area contributed by atoms with Gasteiger partial charge >= 0.3 is 0 Å². The zero-order valence-corrected chi connectivity index (χ0v) is 8.51. The van der Waals surface area contributed by atoms with Crippen LogP contribution in [0.4, 0.5) is 0 Å². The fourth-order valence-corrected chi connectivity index (χ4v) is 1.83. The number of ether oxygens (including phenoxy) is 1.